The fraction of sp³-hybridized carbons (Fsp3) is 0.600. The number of anilines is 1. The normalized spacial score (nSPS) is 19.4. The van der Waals surface area contributed by atoms with Gasteiger partial charge in [0, 0.05) is 32.4 Å². The van der Waals surface area contributed by atoms with E-state index in [1.165, 1.54) is 0 Å². The van der Waals surface area contributed by atoms with Crippen molar-refractivity contribution in [2.75, 3.05) is 31.1 Å². The SMILES string of the molecule is CC(=O)N1CCC(Cc2nccnc2N2CCOC2=O)CC1. The molecule has 7 heteroatoms. The van der Waals surface area contributed by atoms with E-state index >= 15 is 0 Å². The summed E-state index contributed by atoms with van der Waals surface area (Å²) in [5.41, 5.74) is 0.836. The Morgan fingerprint density at radius 3 is 2.64 bits per heavy atom. The number of likely N-dealkylation sites (tertiary alicyclic amines) is 1. The Bertz CT molecular complexity index is 570. The number of amides is 2. The van der Waals surface area contributed by atoms with E-state index in [0.717, 1.165) is 38.0 Å². The fourth-order valence-electron chi connectivity index (χ4n) is 3.04. The summed E-state index contributed by atoms with van der Waals surface area (Å²) < 4.78 is 4.98. The van der Waals surface area contributed by atoms with Crippen LogP contribution in [0.4, 0.5) is 10.6 Å². The molecule has 1 aromatic heterocycles. The monoisotopic (exact) mass is 304 g/mol. The molecule has 0 spiro atoms. The number of piperidine rings is 1. The maximum absolute atomic E-state index is 11.7. The third kappa shape index (κ3) is 3.03. The van der Waals surface area contributed by atoms with Crippen LogP contribution in [0.15, 0.2) is 12.4 Å². The van der Waals surface area contributed by atoms with Gasteiger partial charge < -0.3 is 9.64 Å². The van der Waals surface area contributed by atoms with Crippen molar-refractivity contribution >= 4 is 17.8 Å². The van der Waals surface area contributed by atoms with Crippen LogP contribution in [0.2, 0.25) is 0 Å². The third-order valence-electron chi connectivity index (χ3n) is 4.31. The predicted molar refractivity (Wildman–Crippen MR) is 79.4 cm³/mol. The first-order chi connectivity index (χ1) is 10.6. The van der Waals surface area contributed by atoms with Crippen molar-refractivity contribution in [2.24, 2.45) is 5.92 Å². The summed E-state index contributed by atoms with van der Waals surface area (Å²) >= 11 is 0. The zero-order valence-electron chi connectivity index (χ0n) is 12.7. The molecule has 0 saturated carbocycles. The molecule has 2 aliphatic heterocycles. The third-order valence-corrected chi connectivity index (χ3v) is 4.31. The van der Waals surface area contributed by atoms with E-state index in [1.54, 1.807) is 24.2 Å². The lowest BCUT2D eigenvalue weighted by molar-refractivity contribution is -0.130. The van der Waals surface area contributed by atoms with Gasteiger partial charge in [0.2, 0.25) is 5.91 Å². The molecule has 118 valence electrons. The van der Waals surface area contributed by atoms with Gasteiger partial charge in [-0.1, -0.05) is 0 Å². The molecule has 2 fully saturated rings. The summed E-state index contributed by atoms with van der Waals surface area (Å²) in [7, 11) is 0. The van der Waals surface area contributed by atoms with Crippen LogP contribution in [0.1, 0.15) is 25.5 Å². The molecular formula is C15H20N4O3. The summed E-state index contributed by atoms with van der Waals surface area (Å²) in [4.78, 5) is 35.3. The highest BCUT2D eigenvalue weighted by molar-refractivity contribution is 5.88. The minimum atomic E-state index is -0.354. The molecule has 2 aliphatic rings. The molecule has 3 heterocycles. The number of hydrogen-bond acceptors (Lipinski definition) is 5. The highest BCUT2D eigenvalue weighted by atomic mass is 16.6. The molecule has 1 aromatic rings. The number of cyclic esters (lactones) is 1. The Hall–Kier alpha value is -2.18. The molecule has 2 amide bonds. The van der Waals surface area contributed by atoms with Crippen molar-refractivity contribution in [2.45, 2.75) is 26.2 Å². The second-order valence-electron chi connectivity index (χ2n) is 5.75. The van der Waals surface area contributed by atoms with Gasteiger partial charge in [0.25, 0.3) is 0 Å². The molecule has 0 N–H and O–H groups in total. The largest absolute Gasteiger partial charge is 0.447 e. The first-order valence-electron chi connectivity index (χ1n) is 7.65. The molecule has 0 unspecified atom stereocenters. The summed E-state index contributed by atoms with van der Waals surface area (Å²) in [6.45, 7) is 4.11. The highest BCUT2D eigenvalue weighted by Crippen LogP contribution is 2.26. The second-order valence-corrected chi connectivity index (χ2v) is 5.75. The summed E-state index contributed by atoms with van der Waals surface area (Å²) in [5.74, 6) is 1.21. The summed E-state index contributed by atoms with van der Waals surface area (Å²) in [6, 6.07) is 0. The van der Waals surface area contributed by atoms with Crippen LogP contribution >= 0.6 is 0 Å². The molecule has 0 radical (unpaired) electrons. The van der Waals surface area contributed by atoms with Crippen LogP contribution in [-0.4, -0.2) is 53.1 Å². The first-order valence-corrected chi connectivity index (χ1v) is 7.65. The minimum absolute atomic E-state index is 0.137. The topological polar surface area (TPSA) is 75.6 Å². The van der Waals surface area contributed by atoms with Crippen LogP contribution in [0.25, 0.3) is 0 Å². The zero-order valence-corrected chi connectivity index (χ0v) is 12.7. The Morgan fingerprint density at radius 1 is 1.27 bits per heavy atom. The molecular weight excluding hydrogens is 284 g/mol. The average Bonchev–Trinajstić information content (AvgIpc) is 2.94. The predicted octanol–water partition coefficient (Wildman–Crippen LogP) is 1.23. The lowest BCUT2D eigenvalue weighted by atomic mass is 9.92. The zero-order chi connectivity index (χ0) is 15.5. The number of carbonyl (C=O) groups is 2. The Kier molecular flexibility index (Phi) is 4.22. The molecule has 0 atom stereocenters. The number of nitrogens with zero attached hydrogens (tertiary/aromatic N) is 4. The van der Waals surface area contributed by atoms with Crippen molar-refractivity contribution in [1.29, 1.82) is 0 Å². The van der Waals surface area contributed by atoms with Crippen molar-refractivity contribution in [1.82, 2.24) is 14.9 Å². The standard InChI is InChI=1S/C15H20N4O3/c1-11(20)18-6-2-12(3-7-18)10-13-14(17-5-4-16-13)19-8-9-22-15(19)21/h4-5,12H,2-3,6-10H2,1H3. The van der Waals surface area contributed by atoms with E-state index in [0.29, 0.717) is 24.9 Å². The maximum Gasteiger partial charge on any atom is 0.415 e. The van der Waals surface area contributed by atoms with Gasteiger partial charge in [0.05, 0.1) is 12.2 Å². The van der Waals surface area contributed by atoms with Crippen molar-refractivity contribution in [3.05, 3.63) is 18.1 Å². The summed E-state index contributed by atoms with van der Waals surface area (Å²) in [5, 5.41) is 0. The number of carbonyl (C=O) groups excluding carboxylic acids is 2. The van der Waals surface area contributed by atoms with E-state index in [4.69, 9.17) is 4.74 Å². The number of ether oxygens (including phenoxy) is 1. The lowest BCUT2D eigenvalue weighted by Crippen LogP contribution is -2.37. The summed E-state index contributed by atoms with van der Waals surface area (Å²) in [6.07, 6.45) is 5.60. The Labute approximate surface area is 129 Å². The molecule has 0 aliphatic carbocycles. The van der Waals surface area contributed by atoms with Gasteiger partial charge >= 0.3 is 6.09 Å². The average molecular weight is 304 g/mol. The quantitative estimate of drug-likeness (QED) is 0.839. The molecule has 7 nitrogen and oxygen atoms in total. The van der Waals surface area contributed by atoms with Crippen LogP contribution in [0.3, 0.4) is 0 Å². The van der Waals surface area contributed by atoms with Gasteiger partial charge in [-0.25, -0.2) is 9.78 Å². The molecule has 22 heavy (non-hydrogen) atoms. The van der Waals surface area contributed by atoms with E-state index in [2.05, 4.69) is 9.97 Å². The van der Waals surface area contributed by atoms with Crippen LogP contribution in [-0.2, 0) is 16.0 Å². The van der Waals surface area contributed by atoms with Crippen LogP contribution < -0.4 is 4.90 Å². The maximum atomic E-state index is 11.7. The first kappa shape index (κ1) is 14.7. The molecule has 0 bridgehead atoms. The van der Waals surface area contributed by atoms with E-state index < -0.39 is 0 Å². The van der Waals surface area contributed by atoms with E-state index in [1.807, 2.05) is 4.90 Å². The Balaban J connectivity index is 1.68. The van der Waals surface area contributed by atoms with Gasteiger partial charge in [-0.2, -0.15) is 0 Å². The van der Waals surface area contributed by atoms with Gasteiger partial charge in [0.1, 0.15) is 6.61 Å². The van der Waals surface area contributed by atoms with Crippen LogP contribution in [0, 0.1) is 5.92 Å². The second kappa shape index (κ2) is 6.29. The number of aromatic nitrogens is 2. The van der Waals surface area contributed by atoms with Gasteiger partial charge in [-0.15, -0.1) is 0 Å². The number of rotatable bonds is 3. The highest BCUT2D eigenvalue weighted by Gasteiger charge is 2.29. The van der Waals surface area contributed by atoms with Crippen molar-refractivity contribution in [3.63, 3.8) is 0 Å². The van der Waals surface area contributed by atoms with Crippen molar-refractivity contribution in [3.8, 4) is 0 Å². The lowest BCUT2D eigenvalue weighted by Gasteiger charge is -2.31. The Morgan fingerprint density at radius 2 is 2.00 bits per heavy atom. The van der Waals surface area contributed by atoms with Gasteiger partial charge in [0.15, 0.2) is 5.82 Å². The van der Waals surface area contributed by atoms with Gasteiger partial charge in [-0.05, 0) is 25.2 Å². The minimum Gasteiger partial charge on any atom is -0.447 e. The molecule has 0 aromatic carbocycles. The van der Waals surface area contributed by atoms with E-state index in [-0.39, 0.29) is 12.0 Å². The number of hydrogen-bond donors (Lipinski definition) is 0. The smallest absolute Gasteiger partial charge is 0.415 e. The fourth-order valence-corrected chi connectivity index (χ4v) is 3.04. The van der Waals surface area contributed by atoms with E-state index in [9.17, 15) is 9.59 Å². The molecule has 3 rings (SSSR count). The van der Waals surface area contributed by atoms with Crippen LogP contribution in [0.5, 0.6) is 0 Å². The van der Waals surface area contributed by atoms with Gasteiger partial charge in [-0.3, -0.25) is 14.7 Å². The van der Waals surface area contributed by atoms with Crippen molar-refractivity contribution < 1.29 is 14.3 Å². The molecule has 2 saturated heterocycles.